The van der Waals surface area contributed by atoms with E-state index in [0.29, 0.717) is 18.2 Å². The Labute approximate surface area is 180 Å². The van der Waals surface area contributed by atoms with Crippen molar-refractivity contribution in [2.24, 2.45) is 0 Å². The summed E-state index contributed by atoms with van der Waals surface area (Å²) < 4.78 is 5.41. The van der Waals surface area contributed by atoms with Gasteiger partial charge in [-0.3, -0.25) is 4.79 Å². The van der Waals surface area contributed by atoms with Gasteiger partial charge in [-0.05, 0) is 43.3 Å². The van der Waals surface area contributed by atoms with Gasteiger partial charge in [-0.2, -0.15) is 4.98 Å². The standard InChI is InChI=1S/C22H25N7O2/c1-2-31-17-8-6-16(7-9-17)26-21(30)18-15-25-22(27-20(18)23)29-13-11-28(12-14-29)19-5-3-4-10-24-19/h3-10,15H,2,11-14H2,1H3,(H,26,30)(H2,23,25,27). The molecule has 1 aliphatic rings. The Hall–Kier alpha value is -3.88. The number of carbonyl (C=O) groups is 1. The van der Waals surface area contributed by atoms with Gasteiger partial charge in [-0.1, -0.05) is 6.07 Å². The third-order valence-corrected chi connectivity index (χ3v) is 5.01. The van der Waals surface area contributed by atoms with Crippen molar-refractivity contribution < 1.29 is 9.53 Å². The lowest BCUT2D eigenvalue weighted by atomic mass is 10.2. The number of piperazine rings is 1. The molecule has 1 amide bonds. The van der Waals surface area contributed by atoms with Crippen LogP contribution in [0.5, 0.6) is 5.75 Å². The summed E-state index contributed by atoms with van der Waals surface area (Å²) in [5, 5.41) is 2.81. The Morgan fingerprint density at radius 2 is 1.81 bits per heavy atom. The highest BCUT2D eigenvalue weighted by Crippen LogP contribution is 2.20. The van der Waals surface area contributed by atoms with E-state index in [0.717, 1.165) is 37.7 Å². The summed E-state index contributed by atoms with van der Waals surface area (Å²) in [7, 11) is 0. The summed E-state index contributed by atoms with van der Waals surface area (Å²) >= 11 is 0. The Morgan fingerprint density at radius 3 is 2.45 bits per heavy atom. The van der Waals surface area contributed by atoms with Gasteiger partial charge in [0.05, 0.1) is 6.61 Å². The van der Waals surface area contributed by atoms with Crippen molar-refractivity contribution in [2.45, 2.75) is 6.92 Å². The number of ether oxygens (including phenoxy) is 1. The first kappa shape index (κ1) is 20.4. The highest BCUT2D eigenvalue weighted by molar-refractivity contribution is 6.07. The van der Waals surface area contributed by atoms with E-state index in [1.54, 1.807) is 30.5 Å². The van der Waals surface area contributed by atoms with Crippen molar-refractivity contribution in [2.75, 3.05) is 53.6 Å². The molecule has 31 heavy (non-hydrogen) atoms. The number of hydrogen-bond acceptors (Lipinski definition) is 8. The average molecular weight is 419 g/mol. The van der Waals surface area contributed by atoms with E-state index in [9.17, 15) is 4.79 Å². The van der Waals surface area contributed by atoms with Crippen molar-refractivity contribution in [1.29, 1.82) is 0 Å². The van der Waals surface area contributed by atoms with Crippen LogP contribution in [0.25, 0.3) is 0 Å². The highest BCUT2D eigenvalue weighted by Gasteiger charge is 2.21. The number of rotatable bonds is 6. The van der Waals surface area contributed by atoms with Crippen LogP contribution >= 0.6 is 0 Å². The third-order valence-electron chi connectivity index (χ3n) is 5.01. The number of anilines is 4. The molecule has 160 valence electrons. The average Bonchev–Trinajstić information content (AvgIpc) is 2.81. The van der Waals surface area contributed by atoms with Crippen LogP contribution in [0.15, 0.2) is 54.9 Å². The molecule has 2 aromatic heterocycles. The topological polar surface area (TPSA) is 110 Å². The molecule has 9 heteroatoms. The fourth-order valence-electron chi connectivity index (χ4n) is 3.39. The minimum atomic E-state index is -0.354. The maximum Gasteiger partial charge on any atom is 0.260 e. The van der Waals surface area contributed by atoms with E-state index < -0.39 is 0 Å². The molecule has 0 bridgehead atoms. The largest absolute Gasteiger partial charge is 0.494 e. The minimum Gasteiger partial charge on any atom is -0.494 e. The molecule has 0 radical (unpaired) electrons. The van der Waals surface area contributed by atoms with E-state index in [-0.39, 0.29) is 17.3 Å². The van der Waals surface area contributed by atoms with Crippen molar-refractivity contribution in [3.05, 3.63) is 60.4 Å². The van der Waals surface area contributed by atoms with E-state index in [2.05, 4.69) is 30.1 Å². The molecule has 1 aliphatic heterocycles. The van der Waals surface area contributed by atoms with Gasteiger partial charge in [0.15, 0.2) is 0 Å². The summed E-state index contributed by atoms with van der Waals surface area (Å²) in [5.41, 5.74) is 6.97. The van der Waals surface area contributed by atoms with Gasteiger partial charge in [0, 0.05) is 44.3 Å². The lowest BCUT2D eigenvalue weighted by Gasteiger charge is -2.35. The molecule has 4 rings (SSSR count). The molecule has 3 heterocycles. The second-order valence-corrected chi connectivity index (χ2v) is 7.04. The number of nitrogens with two attached hydrogens (primary N) is 1. The first-order chi connectivity index (χ1) is 15.1. The summed E-state index contributed by atoms with van der Waals surface area (Å²) in [6.45, 7) is 5.61. The molecule has 9 nitrogen and oxygen atoms in total. The predicted molar refractivity (Wildman–Crippen MR) is 121 cm³/mol. The second-order valence-electron chi connectivity index (χ2n) is 7.04. The normalized spacial score (nSPS) is 13.7. The molecular formula is C22H25N7O2. The van der Waals surface area contributed by atoms with Crippen LogP contribution in [0.2, 0.25) is 0 Å². The Balaban J connectivity index is 1.38. The Bertz CT molecular complexity index is 1020. The number of nitrogens with zero attached hydrogens (tertiary/aromatic N) is 5. The number of nitrogen functional groups attached to an aromatic ring is 1. The second kappa shape index (κ2) is 9.29. The van der Waals surface area contributed by atoms with E-state index in [4.69, 9.17) is 10.5 Å². The quantitative estimate of drug-likeness (QED) is 0.627. The van der Waals surface area contributed by atoms with Crippen LogP contribution in [0.1, 0.15) is 17.3 Å². The summed E-state index contributed by atoms with van der Waals surface area (Å²) in [4.78, 5) is 30.0. The van der Waals surface area contributed by atoms with Gasteiger partial charge in [-0.15, -0.1) is 0 Å². The molecule has 1 saturated heterocycles. The molecule has 1 aromatic carbocycles. The van der Waals surface area contributed by atoms with Gasteiger partial charge in [0.2, 0.25) is 5.95 Å². The Morgan fingerprint density at radius 1 is 1.06 bits per heavy atom. The molecule has 0 saturated carbocycles. The van der Waals surface area contributed by atoms with Crippen LogP contribution in [-0.4, -0.2) is 53.6 Å². The summed E-state index contributed by atoms with van der Waals surface area (Å²) in [6.07, 6.45) is 3.27. The number of hydrogen-bond donors (Lipinski definition) is 2. The van der Waals surface area contributed by atoms with Gasteiger partial charge in [0.1, 0.15) is 22.9 Å². The van der Waals surface area contributed by atoms with Crippen molar-refractivity contribution >= 4 is 29.2 Å². The minimum absolute atomic E-state index is 0.153. The van der Waals surface area contributed by atoms with Gasteiger partial charge < -0.3 is 25.6 Å². The third kappa shape index (κ3) is 4.82. The lowest BCUT2D eigenvalue weighted by molar-refractivity contribution is 0.102. The number of carbonyl (C=O) groups excluding carboxylic acids is 1. The van der Waals surface area contributed by atoms with Crippen LogP contribution in [0.4, 0.5) is 23.3 Å². The smallest absolute Gasteiger partial charge is 0.260 e. The van der Waals surface area contributed by atoms with Crippen LogP contribution < -0.4 is 25.6 Å². The van der Waals surface area contributed by atoms with Gasteiger partial charge >= 0.3 is 0 Å². The Kier molecular flexibility index (Phi) is 6.11. The van der Waals surface area contributed by atoms with Crippen LogP contribution in [-0.2, 0) is 0 Å². The lowest BCUT2D eigenvalue weighted by Crippen LogP contribution is -2.47. The number of pyridine rings is 1. The van der Waals surface area contributed by atoms with Crippen molar-refractivity contribution in [3.8, 4) is 5.75 Å². The van der Waals surface area contributed by atoms with E-state index in [1.165, 1.54) is 6.20 Å². The number of amides is 1. The van der Waals surface area contributed by atoms with Crippen molar-refractivity contribution in [1.82, 2.24) is 15.0 Å². The fourth-order valence-corrected chi connectivity index (χ4v) is 3.39. The molecule has 1 fully saturated rings. The number of nitrogens with one attached hydrogen (secondary N) is 1. The van der Waals surface area contributed by atoms with Gasteiger partial charge in [-0.25, -0.2) is 9.97 Å². The van der Waals surface area contributed by atoms with E-state index >= 15 is 0 Å². The molecule has 3 N–H and O–H groups in total. The molecular weight excluding hydrogens is 394 g/mol. The van der Waals surface area contributed by atoms with Crippen LogP contribution in [0, 0.1) is 0 Å². The molecule has 0 aliphatic carbocycles. The zero-order valence-corrected chi connectivity index (χ0v) is 17.4. The SMILES string of the molecule is CCOc1ccc(NC(=O)c2cnc(N3CCN(c4ccccn4)CC3)nc2N)cc1. The zero-order valence-electron chi connectivity index (χ0n) is 17.4. The molecule has 0 unspecified atom stereocenters. The summed E-state index contributed by atoms with van der Waals surface area (Å²) in [5.74, 6) is 2.03. The molecule has 3 aromatic rings. The number of benzene rings is 1. The first-order valence-corrected chi connectivity index (χ1v) is 10.2. The first-order valence-electron chi connectivity index (χ1n) is 10.2. The maximum atomic E-state index is 12.6. The van der Waals surface area contributed by atoms with Gasteiger partial charge in [0.25, 0.3) is 5.91 Å². The maximum absolute atomic E-state index is 12.6. The summed E-state index contributed by atoms with van der Waals surface area (Å²) in [6, 6.07) is 13.0. The zero-order chi connectivity index (χ0) is 21.6. The molecule has 0 atom stereocenters. The highest BCUT2D eigenvalue weighted by atomic mass is 16.5. The molecule has 0 spiro atoms. The predicted octanol–water partition coefficient (Wildman–Crippen LogP) is 2.43. The van der Waals surface area contributed by atoms with Crippen molar-refractivity contribution in [3.63, 3.8) is 0 Å². The van der Waals surface area contributed by atoms with E-state index in [1.807, 2.05) is 25.1 Å². The fraction of sp³-hybridized carbons (Fsp3) is 0.273. The monoisotopic (exact) mass is 419 g/mol. The van der Waals surface area contributed by atoms with Crippen LogP contribution in [0.3, 0.4) is 0 Å². The number of aromatic nitrogens is 3.